The highest BCUT2D eigenvalue weighted by Gasteiger charge is 2.20. The molecular weight excluding hydrogens is 324 g/mol. The number of rotatable bonds is 4. The van der Waals surface area contributed by atoms with Gasteiger partial charge in [-0.05, 0) is 24.6 Å². The van der Waals surface area contributed by atoms with Crippen LogP contribution in [-0.2, 0) is 10.0 Å². The van der Waals surface area contributed by atoms with Crippen LogP contribution in [0.4, 0.5) is 0 Å². The van der Waals surface area contributed by atoms with Gasteiger partial charge in [-0.25, -0.2) is 18.2 Å². The van der Waals surface area contributed by atoms with E-state index in [2.05, 4.69) is 20.8 Å². The zero-order valence-electron chi connectivity index (χ0n) is 10.1. The maximum atomic E-state index is 11.9. The van der Waals surface area contributed by atoms with Crippen molar-refractivity contribution >= 4 is 31.9 Å². The van der Waals surface area contributed by atoms with Crippen molar-refractivity contribution in [1.82, 2.24) is 9.84 Å². The predicted molar refractivity (Wildman–Crippen MR) is 69.8 cm³/mol. The molecule has 0 aliphatic rings. The maximum absolute atomic E-state index is 11.9. The van der Waals surface area contributed by atoms with Crippen molar-refractivity contribution in [3.05, 3.63) is 27.7 Å². The molecule has 0 atom stereocenters. The maximum Gasteiger partial charge on any atom is 0.336 e. The molecule has 0 saturated carbocycles. The lowest BCUT2D eigenvalue weighted by Gasteiger charge is -2.14. The van der Waals surface area contributed by atoms with E-state index in [4.69, 9.17) is 5.11 Å². The van der Waals surface area contributed by atoms with Gasteiger partial charge in [0.25, 0.3) is 10.0 Å². The third-order valence-electron chi connectivity index (χ3n) is 2.16. The van der Waals surface area contributed by atoms with E-state index in [-0.39, 0.29) is 10.5 Å². The first-order valence-electron chi connectivity index (χ1n) is 4.88. The highest BCUT2D eigenvalue weighted by Crippen LogP contribution is 2.24. The van der Waals surface area contributed by atoms with Gasteiger partial charge in [-0.1, -0.05) is 15.9 Å². The lowest BCUT2D eigenvalue weighted by molar-refractivity contribution is 0.0695. The summed E-state index contributed by atoms with van der Waals surface area (Å²) in [5.41, 5.74) is 0.426. The number of carboxylic acid groups (broad SMARTS) is 1. The number of hydrogen-bond acceptors (Lipinski definition) is 4. The van der Waals surface area contributed by atoms with Gasteiger partial charge in [-0.15, -0.1) is 4.83 Å². The summed E-state index contributed by atoms with van der Waals surface area (Å²) in [6.45, 7) is 1.60. The second-order valence-electron chi connectivity index (χ2n) is 3.87. The quantitative estimate of drug-likeness (QED) is 0.807. The topological polar surface area (TPSA) is 86.7 Å². The van der Waals surface area contributed by atoms with Crippen LogP contribution in [0.1, 0.15) is 15.9 Å². The minimum Gasteiger partial charge on any atom is -0.478 e. The molecule has 0 aliphatic heterocycles. The number of sulfonamides is 1. The number of hydrazine groups is 1. The first kappa shape index (κ1) is 15.1. The molecule has 0 spiro atoms. The van der Waals surface area contributed by atoms with Crippen molar-refractivity contribution in [2.75, 3.05) is 14.1 Å². The summed E-state index contributed by atoms with van der Waals surface area (Å²) < 4.78 is 24.3. The molecule has 18 heavy (non-hydrogen) atoms. The number of carboxylic acids is 1. The SMILES string of the molecule is Cc1c(Br)cc(S(=O)(=O)NN(C)C)cc1C(=O)O. The van der Waals surface area contributed by atoms with Crippen LogP contribution in [0, 0.1) is 6.92 Å². The summed E-state index contributed by atoms with van der Waals surface area (Å²) >= 11 is 3.15. The number of benzene rings is 1. The lowest BCUT2D eigenvalue weighted by atomic mass is 10.1. The van der Waals surface area contributed by atoms with Crippen molar-refractivity contribution in [1.29, 1.82) is 0 Å². The van der Waals surface area contributed by atoms with E-state index in [1.807, 2.05) is 0 Å². The van der Waals surface area contributed by atoms with Crippen molar-refractivity contribution < 1.29 is 18.3 Å². The van der Waals surface area contributed by atoms with Crippen LogP contribution >= 0.6 is 15.9 Å². The Hall–Kier alpha value is -0.960. The summed E-state index contributed by atoms with van der Waals surface area (Å²) in [6, 6.07) is 2.50. The molecule has 1 rings (SSSR count). The second-order valence-corrected chi connectivity index (χ2v) is 6.39. The van der Waals surface area contributed by atoms with E-state index in [9.17, 15) is 13.2 Å². The molecule has 0 aliphatic carbocycles. The average molecular weight is 337 g/mol. The van der Waals surface area contributed by atoms with Gasteiger partial charge in [0.2, 0.25) is 0 Å². The molecule has 1 aromatic rings. The minimum atomic E-state index is -3.77. The van der Waals surface area contributed by atoms with Crippen LogP contribution in [-0.4, -0.2) is 38.6 Å². The highest BCUT2D eigenvalue weighted by molar-refractivity contribution is 9.10. The van der Waals surface area contributed by atoms with Gasteiger partial charge in [0.05, 0.1) is 10.5 Å². The predicted octanol–water partition coefficient (Wildman–Crippen LogP) is 1.21. The number of nitrogens with one attached hydrogen (secondary N) is 1. The Kier molecular flexibility index (Phi) is 4.49. The van der Waals surface area contributed by atoms with E-state index >= 15 is 0 Å². The number of nitrogens with zero attached hydrogens (tertiary/aromatic N) is 1. The lowest BCUT2D eigenvalue weighted by Crippen LogP contribution is -2.36. The van der Waals surface area contributed by atoms with E-state index < -0.39 is 16.0 Å². The summed E-state index contributed by atoms with van der Waals surface area (Å²) in [4.78, 5) is 13.2. The molecular formula is C10H13BrN2O4S. The number of aromatic carboxylic acids is 1. The number of carbonyl (C=O) groups is 1. The molecule has 0 amide bonds. The number of hydrogen-bond donors (Lipinski definition) is 2. The monoisotopic (exact) mass is 336 g/mol. The standard InChI is InChI=1S/C10H13BrN2O4S/c1-6-8(10(14)15)4-7(5-9(6)11)18(16,17)12-13(2)3/h4-5,12H,1-3H3,(H,14,15). The molecule has 0 radical (unpaired) electrons. The Morgan fingerprint density at radius 2 is 1.94 bits per heavy atom. The molecule has 0 aromatic heterocycles. The van der Waals surface area contributed by atoms with Gasteiger partial charge in [-0.3, -0.25) is 0 Å². The van der Waals surface area contributed by atoms with E-state index in [1.165, 1.54) is 25.2 Å². The Morgan fingerprint density at radius 3 is 2.39 bits per heavy atom. The molecule has 6 nitrogen and oxygen atoms in total. The molecule has 2 N–H and O–H groups in total. The molecule has 0 fully saturated rings. The first-order valence-corrected chi connectivity index (χ1v) is 7.16. The van der Waals surface area contributed by atoms with E-state index in [0.29, 0.717) is 10.0 Å². The highest BCUT2D eigenvalue weighted by atomic mass is 79.9. The smallest absolute Gasteiger partial charge is 0.336 e. The van der Waals surface area contributed by atoms with Gasteiger partial charge in [-0.2, -0.15) is 0 Å². The van der Waals surface area contributed by atoms with Crippen molar-refractivity contribution in [3.8, 4) is 0 Å². The third-order valence-corrected chi connectivity index (χ3v) is 4.45. The average Bonchev–Trinajstić information content (AvgIpc) is 2.19. The van der Waals surface area contributed by atoms with Crippen LogP contribution in [0.15, 0.2) is 21.5 Å². The summed E-state index contributed by atoms with van der Waals surface area (Å²) in [6.07, 6.45) is 0. The third kappa shape index (κ3) is 3.29. The van der Waals surface area contributed by atoms with Crippen LogP contribution in [0.25, 0.3) is 0 Å². The van der Waals surface area contributed by atoms with Crippen LogP contribution in [0.5, 0.6) is 0 Å². The minimum absolute atomic E-state index is 0.0523. The van der Waals surface area contributed by atoms with Gasteiger partial charge in [0.15, 0.2) is 0 Å². The van der Waals surface area contributed by atoms with Gasteiger partial charge >= 0.3 is 5.97 Å². The zero-order chi connectivity index (χ0) is 14.1. The molecule has 1 aromatic carbocycles. The van der Waals surface area contributed by atoms with Crippen molar-refractivity contribution in [2.45, 2.75) is 11.8 Å². The Balaban J connectivity index is 3.40. The van der Waals surface area contributed by atoms with E-state index in [1.54, 1.807) is 6.92 Å². The second kappa shape index (κ2) is 5.35. The summed E-state index contributed by atoms with van der Waals surface area (Å²) in [5.74, 6) is -1.17. The Labute approximate surface area is 114 Å². The van der Waals surface area contributed by atoms with Crippen LogP contribution in [0.2, 0.25) is 0 Å². The fourth-order valence-electron chi connectivity index (χ4n) is 1.32. The van der Waals surface area contributed by atoms with Crippen molar-refractivity contribution in [3.63, 3.8) is 0 Å². The molecule has 0 bridgehead atoms. The van der Waals surface area contributed by atoms with Gasteiger partial charge in [0.1, 0.15) is 0 Å². The summed E-state index contributed by atoms with van der Waals surface area (Å²) in [7, 11) is -0.719. The van der Waals surface area contributed by atoms with Gasteiger partial charge < -0.3 is 5.11 Å². The Morgan fingerprint density at radius 1 is 1.39 bits per heavy atom. The fraction of sp³-hybridized carbons (Fsp3) is 0.300. The molecule has 0 unspecified atom stereocenters. The van der Waals surface area contributed by atoms with Gasteiger partial charge in [0, 0.05) is 18.6 Å². The zero-order valence-corrected chi connectivity index (χ0v) is 12.5. The van der Waals surface area contributed by atoms with Crippen LogP contribution in [0.3, 0.4) is 0 Å². The molecule has 8 heteroatoms. The summed E-state index contributed by atoms with van der Waals surface area (Å²) in [5, 5.41) is 10.3. The molecule has 100 valence electrons. The number of halogens is 1. The molecule has 0 saturated heterocycles. The van der Waals surface area contributed by atoms with E-state index in [0.717, 1.165) is 6.07 Å². The Bertz CT molecular complexity index is 584. The largest absolute Gasteiger partial charge is 0.478 e. The fourth-order valence-corrected chi connectivity index (χ4v) is 3.07. The van der Waals surface area contributed by atoms with Crippen molar-refractivity contribution in [2.24, 2.45) is 0 Å². The molecule has 0 heterocycles. The first-order chi connectivity index (χ1) is 8.15. The normalized spacial score (nSPS) is 11.8. The van der Waals surface area contributed by atoms with Crippen LogP contribution < -0.4 is 4.83 Å².